The summed E-state index contributed by atoms with van der Waals surface area (Å²) in [5.41, 5.74) is 5.64. The lowest BCUT2D eigenvalue weighted by Gasteiger charge is -2.06. The number of benzene rings is 3. The molecule has 4 rings (SSSR count). The molecule has 1 N–H and O–H groups in total. The van der Waals surface area contributed by atoms with E-state index in [1.807, 2.05) is 85.8 Å². The number of hydrogen-bond acceptors (Lipinski definition) is 5. The van der Waals surface area contributed by atoms with Gasteiger partial charge in [-0.2, -0.15) is 5.10 Å². The normalized spacial score (nSPS) is 11.5. The van der Waals surface area contributed by atoms with Gasteiger partial charge in [0.25, 0.3) is 5.78 Å². The number of ketones is 1. The highest BCUT2D eigenvalue weighted by molar-refractivity contribution is 8.15. The predicted molar refractivity (Wildman–Crippen MR) is 115 cm³/mol. The lowest BCUT2D eigenvalue weighted by atomic mass is 10.2. The molecule has 3 aromatic carbocycles. The van der Waals surface area contributed by atoms with Crippen molar-refractivity contribution in [3.8, 4) is 0 Å². The third kappa shape index (κ3) is 4.15. The van der Waals surface area contributed by atoms with E-state index in [9.17, 15) is 4.79 Å². The molecule has 0 aliphatic heterocycles. The number of Topliss-reactive ketones (excluding diaryl/α,β-unsaturated/α-hetero) is 1. The van der Waals surface area contributed by atoms with Crippen molar-refractivity contribution >= 4 is 39.2 Å². The molecule has 0 saturated heterocycles. The predicted octanol–water partition coefficient (Wildman–Crippen LogP) is 6.14. The van der Waals surface area contributed by atoms with Crippen molar-refractivity contribution in [1.29, 1.82) is 0 Å². The van der Waals surface area contributed by atoms with Crippen LogP contribution in [0.25, 0.3) is 11.0 Å². The molecule has 0 bridgehead atoms. The summed E-state index contributed by atoms with van der Waals surface area (Å²) in [5.74, 6) is 0.0127. The van der Waals surface area contributed by atoms with Gasteiger partial charge in [-0.1, -0.05) is 65.9 Å². The largest absolute Gasteiger partial charge is 0.452 e. The zero-order chi connectivity index (χ0) is 19.3. The van der Waals surface area contributed by atoms with Gasteiger partial charge >= 0.3 is 0 Å². The third-order valence-corrected chi connectivity index (χ3v) is 5.12. The maximum Gasteiger partial charge on any atom is 0.255 e. The number of rotatable bonds is 5. The van der Waals surface area contributed by atoms with Crippen molar-refractivity contribution in [2.24, 2.45) is 5.10 Å². The maximum absolute atomic E-state index is 13.1. The Kier molecular flexibility index (Phi) is 5.26. The van der Waals surface area contributed by atoms with Crippen LogP contribution in [0.2, 0.25) is 0 Å². The highest BCUT2D eigenvalue weighted by Gasteiger charge is 2.20. The monoisotopic (exact) mass is 386 g/mol. The lowest BCUT2D eigenvalue weighted by Crippen LogP contribution is -2.12. The number of nitrogens with one attached hydrogen (secondary N) is 1. The van der Waals surface area contributed by atoms with Crippen LogP contribution >= 0.6 is 11.8 Å². The van der Waals surface area contributed by atoms with E-state index in [2.05, 4.69) is 10.5 Å². The topological polar surface area (TPSA) is 54.6 Å². The molecule has 1 aromatic heterocycles. The second kappa shape index (κ2) is 8.15. The van der Waals surface area contributed by atoms with Gasteiger partial charge in [-0.3, -0.25) is 10.2 Å². The van der Waals surface area contributed by atoms with E-state index in [1.54, 1.807) is 6.07 Å². The molecule has 0 amide bonds. The molecule has 28 heavy (non-hydrogen) atoms. The number of hydrogen-bond donors (Lipinski definition) is 1. The Morgan fingerprint density at radius 2 is 1.64 bits per heavy atom. The Morgan fingerprint density at radius 3 is 2.39 bits per heavy atom. The fourth-order valence-corrected chi connectivity index (χ4v) is 3.46. The van der Waals surface area contributed by atoms with E-state index < -0.39 is 0 Å². The van der Waals surface area contributed by atoms with E-state index in [4.69, 9.17) is 4.42 Å². The van der Waals surface area contributed by atoms with Crippen molar-refractivity contribution in [3.05, 3.63) is 96.3 Å². The number of carbonyl (C=O) groups excluding carboxylic acids is 1. The van der Waals surface area contributed by atoms with Crippen LogP contribution < -0.4 is 5.43 Å². The van der Waals surface area contributed by atoms with E-state index in [1.165, 1.54) is 11.8 Å². The lowest BCUT2D eigenvalue weighted by molar-refractivity contribution is 0.104. The molecule has 5 heteroatoms. The summed E-state index contributed by atoms with van der Waals surface area (Å²) >= 11 is 1.30. The number of aryl methyl sites for hydroxylation is 1. The molecule has 0 atom stereocenters. The van der Waals surface area contributed by atoms with Gasteiger partial charge in [0, 0.05) is 10.3 Å². The molecule has 0 saturated carbocycles. The molecule has 1 heterocycles. The van der Waals surface area contributed by atoms with Gasteiger partial charge in [-0.05, 0) is 43.3 Å². The Labute approximate surface area is 167 Å². The van der Waals surface area contributed by atoms with Gasteiger partial charge in [0.05, 0.1) is 5.69 Å². The Balaban J connectivity index is 1.65. The van der Waals surface area contributed by atoms with Gasteiger partial charge < -0.3 is 4.42 Å². The number of anilines is 1. The summed E-state index contributed by atoms with van der Waals surface area (Å²) in [7, 11) is 0. The van der Waals surface area contributed by atoms with E-state index in [0.717, 1.165) is 21.5 Å². The first-order valence-corrected chi connectivity index (χ1v) is 9.67. The Hall–Kier alpha value is -3.31. The summed E-state index contributed by atoms with van der Waals surface area (Å²) in [4.78, 5) is 14.0. The first-order chi connectivity index (χ1) is 13.7. The Bertz CT molecular complexity index is 1100. The minimum absolute atomic E-state index is 0.260. The molecule has 4 nitrogen and oxygen atoms in total. The first kappa shape index (κ1) is 18.1. The SMILES string of the molecule is Cc1ccc(N/N=C(/Sc2ccccc2)C(=O)c2cc3ccccc3o2)cc1. The second-order valence-corrected chi connectivity index (χ2v) is 7.35. The number of nitrogens with zero attached hydrogens (tertiary/aromatic N) is 1. The van der Waals surface area contributed by atoms with Crippen LogP contribution in [0.1, 0.15) is 16.1 Å². The number of hydrazone groups is 1. The van der Waals surface area contributed by atoms with Gasteiger partial charge in [0.15, 0.2) is 10.8 Å². The number of thioether (sulfide) groups is 1. The molecule has 0 aliphatic rings. The third-order valence-electron chi connectivity index (χ3n) is 4.14. The first-order valence-electron chi connectivity index (χ1n) is 8.85. The smallest absolute Gasteiger partial charge is 0.255 e. The molecule has 0 radical (unpaired) electrons. The van der Waals surface area contributed by atoms with Crippen molar-refractivity contribution in [1.82, 2.24) is 0 Å². The van der Waals surface area contributed by atoms with E-state index in [0.29, 0.717) is 10.6 Å². The highest BCUT2D eigenvalue weighted by atomic mass is 32.2. The van der Waals surface area contributed by atoms with Crippen molar-refractivity contribution in [3.63, 3.8) is 0 Å². The summed E-state index contributed by atoms with van der Waals surface area (Å²) in [5, 5.41) is 5.59. The number of fused-ring (bicyclic) bond motifs is 1. The van der Waals surface area contributed by atoms with Gasteiger partial charge in [-0.25, -0.2) is 0 Å². The van der Waals surface area contributed by atoms with Crippen LogP contribution in [0.15, 0.2) is 99.3 Å². The standard InChI is InChI=1S/C23H18N2O2S/c1-16-11-13-18(14-12-16)24-25-23(28-19-8-3-2-4-9-19)22(26)21-15-17-7-5-6-10-20(17)27-21/h2-15,24H,1H3/b25-23+. The quantitative estimate of drug-likeness (QED) is 0.147. The zero-order valence-electron chi connectivity index (χ0n) is 15.3. The maximum atomic E-state index is 13.1. The van der Waals surface area contributed by atoms with Crippen molar-refractivity contribution in [2.75, 3.05) is 5.43 Å². The van der Waals surface area contributed by atoms with Gasteiger partial charge in [0.1, 0.15) is 5.58 Å². The molecular weight excluding hydrogens is 368 g/mol. The second-order valence-electron chi connectivity index (χ2n) is 6.29. The number of carbonyl (C=O) groups is 1. The molecule has 0 aliphatic carbocycles. The summed E-state index contributed by atoms with van der Waals surface area (Å²) in [6.45, 7) is 2.02. The minimum atomic E-state index is -0.260. The fraction of sp³-hybridized carbons (Fsp3) is 0.0435. The zero-order valence-corrected chi connectivity index (χ0v) is 16.1. The number of furan rings is 1. The van der Waals surface area contributed by atoms with Crippen LogP contribution in [-0.2, 0) is 0 Å². The highest BCUT2D eigenvalue weighted by Crippen LogP contribution is 2.25. The average Bonchev–Trinajstić information content (AvgIpc) is 3.17. The van der Waals surface area contributed by atoms with Crippen LogP contribution in [0.5, 0.6) is 0 Å². The van der Waals surface area contributed by atoms with Crippen molar-refractivity contribution < 1.29 is 9.21 Å². The van der Waals surface area contributed by atoms with Crippen LogP contribution in [0.3, 0.4) is 0 Å². The van der Waals surface area contributed by atoms with E-state index in [-0.39, 0.29) is 11.5 Å². The molecule has 138 valence electrons. The Morgan fingerprint density at radius 1 is 0.929 bits per heavy atom. The van der Waals surface area contributed by atoms with Gasteiger partial charge in [0.2, 0.25) is 0 Å². The van der Waals surface area contributed by atoms with Crippen LogP contribution in [0.4, 0.5) is 5.69 Å². The minimum Gasteiger partial charge on any atom is -0.452 e. The molecule has 4 aromatic rings. The van der Waals surface area contributed by atoms with Crippen LogP contribution in [0, 0.1) is 6.92 Å². The summed E-state index contributed by atoms with van der Waals surface area (Å²) in [6, 6.07) is 26.8. The molecule has 0 fully saturated rings. The fourth-order valence-electron chi connectivity index (χ4n) is 2.66. The average molecular weight is 386 g/mol. The molecule has 0 spiro atoms. The van der Waals surface area contributed by atoms with E-state index >= 15 is 0 Å². The summed E-state index contributed by atoms with van der Waals surface area (Å²) in [6.07, 6.45) is 0. The summed E-state index contributed by atoms with van der Waals surface area (Å²) < 4.78 is 5.74. The molecular formula is C23H18N2O2S. The van der Waals surface area contributed by atoms with Crippen LogP contribution in [-0.4, -0.2) is 10.8 Å². The number of para-hydroxylation sites is 1. The van der Waals surface area contributed by atoms with Gasteiger partial charge in [-0.15, -0.1) is 0 Å². The van der Waals surface area contributed by atoms with Crippen molar-refractivity contribution in [2.45, 2.75) is 11.8 Å². The molecule has 0 unspecified atom stereocenters.